The van der Waals surface area contributed by atoms with Gasteiger partial charge in [0.05, 0.1) is 0 Å². The molecular weight excluding hydrogens is 364 g/mol. The van der Waals surface area contributed by atoms with Crippen molar-refractivity contribution in [2.45, 2.75) is 6.92 Å². The number of hydrazine groups is 1. The van der Waals surface area contributed by atoms with E-state index in [0.717, 1.165) is 22.0 Å². The largest absolute Gasteiger partial charge is 0.393 e. The number of fused-ring (bicyclic) bond motifs is 1. The number of aromatic nitrogens is 2. The van der Waals surface area contributed by atoms with Crippen LogP contribution in [0.25, 0.3) is 10.8 Å². The predicted octanol–water partition coefficient (Wildman–Crippen LogP) is 4.02. The van der Waals surface area contributed by atoms with Gasteiger partial charge < -0.3 is 11.1 Å². The Labute approximate surface area is 168 Å². The molecule has 4 rings (SSSR count). The first-order chi connectivity index (χ1) is 14.1. The maximum Gasteiger partial charge on any atom is 0.269 e. The first kappa shape index (κ1) is 18.2. The number of hydrogen-bond acceptors (Lipinski definition) is 6. The lowest BCUT2D eigenvalue weighted by molar-refractivity contribution is 0.0962. The van der Waals surface area contributed by atoms with E-state index < -0.39 is 0 Å². The van der Waals surface area contributed by atoms with Gasteiger partial charge in [-0.2, -0.15) is 0 Å². The molecule has 0 aliphatic carbocycles. The van der Waals surface area contributed by atoms with Gasteiger partial charge in [0.15, 0.2) is 11.6 Å². The van der Waals surface area contributed by atoms with Crippen LogP contribution in [-0.4, -0.2) is 15.9 Å². The molecule has 0 aliphatic rings. The molecule has 0 saturated carbocycles. The number of nitrogens with zero attached hydrogens (tertiary/aromatic N) is 2. The lowest BCUT2D eigenvalue weighted by Crippen LogP contribution is -2.30. The Morgan fingerprint density at radius 3 is 2.48 bits per heavy atom. The number of nitrogen functional groups attached to an aromatic ring is 1. The zero-order valence-corrected chi connectivity index (χ0v) is 15.8. The normalized spacial score (nSPS) is 10.5. The monoisotopic (exact) mass is 384 g/mol. The van der Waals surface area contributed by atoms with Crippen LogP contribution < -0.4 is 21.9 Å². The molecule has 0 atom stereocenters. The summed E-state index contributed by atoms with van der Waals surface area (Å²) in [5.74, 6) is 0.485. The highest BCUT2D eigenvalue weighted by Gasteiger charge is 2.12. The molecule has 5 N–H and O–H groups in total. The Morgan fingerprint density at radius 2 is 1.62 bits per heavy atom. The average molecular weight is 384 g/mol. The molecule has 0 aliphatic heterocycles. The molecule has 7 heteroatoms. The van der Waals surface area contributed by atoms with Gasteiger partial charge in [0.1, 0.15) is 12.0 Å². The number of hydrogen-bond donors (Lipinski definition) is 4. The van der Waals surface area contributed by atoms with Crippen molar-refractivity contribution in [3.05, 3.63) is 84.2 Å². The van der Waals surface area contributed by atoms with Gasteiger partial charge in [-0.1, -0.05) is 54.6 Å². The molecule has 0 saturated heterocycles. The number of rotatable bonds is 5. The van der Waals surface area contributed by atoms with Crippen LogP contribution in [-0.2, 0) is 0 Å². The topological polar surface area (TPSA) is 105 Å². The molecule has 1 amide bonds. The quantitative estimate of drug-likeness (QED) is 0.387. The summed E-state index contributed by atoms with van der Waals surface area (Å²) < 4.78 is 0. The highest BCUT2D eigenvalue weighted by Crippen LogP contribution is 2.29. The second kappa shape index (κ2) is 7.85. The molecule has 7 nitrogen and oxygen atoms in total. The van der Waals surface area contributed by atoms with Gasteiger partial charge in [0.25, 0.3) is 5.91 Å². The number of benzene rings is 3. The fourth-order valence-electron chi connectivity index (χ4n) is 3.07. The number of anilines is 4. The lowest BCUT2D eigenvalue weighted by atomic mass is 10.1. The van der Waals surface area contributed by atoms with E-state index in [4.69, 9.17) is 5.73 Å². The number of carbonyl (C=O) groups is 1. The standard InChI is InChI=1S/C22H20N6O/c1-14-7-2-4-10-16(14)22(29)28-27-21-19(23)20(24-13-25-21)26-18-12-6-9-15-8-3-5-11-17(15)18/h2-13H,23H2,1H3,(H,28,29)(H2,24,25,26,27). The summed E-state index contributed by atoms with van der Waals surface area (Å²) in [7, 11) is 0. The van der Waals surface area contributed by atoms with E-state index in [1.54, 1.807) is 6.07 Å². The van der Waals surface area contributed by atoms with Gasteiger partial charge >= 0.3 is 0 Å². The second-order valence-electron chi connectivity index (χ2n) is 6.53. The van der Waals surface area contributed by atoms with Gasteiger partial charge in [0, 0.05) is 16.6 Å². The van der Waals surface area contributed by atoms with E-state index in [9.17, 15) is 4.79 Å². The Morgan fingerprint density at radius 1 is 0.897 bits per heavy atom. The van der Waals surface area contributed by atoms with Crippen molar-refractivity contribution in [2.24, 2.45) is 0 Å². The van der Waals surface area contributed by atoms with E-state index in [0.29, 0.717) is 22.9 Å². The Kier molecular flexibility index (Phi) is 4.94. The minimum Gasteiger partial charge on any atom is -0.393 e. The maximum atomic E-state index is 12.4. The maximum absolute atomic E-state index is 12.4. The number of nitrogens with one attached hydrogen (secondary N) is 3. The van der Waals surface area contributed by atoms with Crippen molar-refractivity contribution < 1.29 is 4.79 Å². The molecule has 0 fully saturated rings. The molecular formula is C22H20N6O. The molecule has 29 heavy (non-hydrogen) atoms. The smallest absolute Gasteiger partial charge is 0.269 e. The highest BCUT2D eigenvalue weighted by molar-refractivity contribution is 5.97. The van der Waals surface area contributed by atoms with Crippen LogP contribution in [0.2, 0.25) is 0 Å². The summed E-state index contributed by atoms with van der Waals surface area (Å²) in [5.41, 5.74) is 14.3. The van der Waals surface area contributed by atoms with E-state index in [-0.39, 0.29) is 5.91 Å². The van der Waals surface area contributed by atoms with Crippen LogP contribution in [0.4, 0.5) is 23.0 Å². The minimum atomic E-state index is -0.273. The Bertz CT molecular complexity index is 1190. The van der Waals surface area contributed by atoms with Crippen molar-refractivity contribution in [3.63, 3.8) is 0 Å². The third-order valence-electron chi connectivity index (χ3n) is 4.61. The van der Waals surface area contributed by atoms with E-state index in [1.165, 1.54) is 6.33 Å². The third-order valence-corrected chi connectivity index (χ3v) is 4.61. The lowest BCUT2D eigenvalue weighted by Gasteiger charge is -2.14. The minimum absolute atomic E-state index is 0.273. The number of carbonyl (C=O) groups excluding carboxylic acids is 1. The predicted molar refractivity (Wildman–Crippen MR) is 116 cm³/mol. The number of nitrogens with two attached hydrogens (primary N) is 1. The molecule has 0 bridgehead atoms. The SMILES string of the molecule is Cc1ccccc1C(=O)NNc1ncnc(Nc2cccc3ccccc23)c1N. The summed E-state index contributed by atoms with van der Waals surface area (Å²) in [6, 6.07) is 21.3. The molecule has 4 aromatic rings. The summed E-state index contributed by atoms with van der Waals surface area (Å²) in [6.07, 6.45) is 1.38. The second-order valence-corrected chi connectivity index (χ2v) is 6.53. The molecule has 0 spiro atoms. The van der Waals surface area contributed by atoms with Crippen molar-refractivity contribution in [1.29, 1.82) is 0 Å². The Balaban J connectivity index is 1.55. The highest BCUT2D eigenvalue weighted by atomic mass is 16.2. The van der Waals surface area contributed by atoms with Crippen LogP contribution in [0.1, 0.15) is 15.9 Å². The zero-order valence-electron chi connectivity index (χ0n) is 15.8. The van der Waals surface area contributed by atoms with Crippen molar-refractivity contribution in [3.8, 4) is 0 Å². The summed E-state index contributed by atoms with van der Waals surface area (Å²) in [6.45, 7) is 1.88. The summed E-state index contributed by atoms with van der Waals surface area (Å²) in [5, 5.41) is 5.41. The molecule has 1 heterocycles. The first-order valence-electron chi connectivity index (χ1n) is 9.11. The van der Waals surface area contributed by atoms with Gasteiger partial charge in [-0.05, 0) is 30.0 Å². The number of amides is 1. The fraction of sp³-hybridized carbons (Fsp3) is 0.0455. The van der Waals surface area contributed by atoms with E-state index in [1.807, 2.05) is 67.6 Å². The fourth-order valence-corrected chi connectivity index (χ4v) is 3.07. The van der Waals surface area contributed by atoms with Gasteiger partial charge in [-0.3, -0.25) is 15.6 Å². The zero-order chi connectivity index (χ0) is 20.2. The average Bonchev–Trinajstić information content (AvgIpc) is 2.75. The molecule has 0 unspecified atom stereocenters. The van der Waals surface area contributed by atoms with E-state index in [2.05, 4.69) is 26.1 Å². The summed E-state index contributed by atoms with van der Waals surface area (Å²) >= 11 is 0. The van der Waals surface area contributed by atoms with Crippen LogP contribution in [0, 0.1) is 6.92 Å². The van der Waals surface area contributed by atoms with Crippen LogP contribution in [0.3, 0.4) is 0 Å². The molecule has 144 valence electrons. The third kappa shape index (κ3) is 3.79. The van der Waals surface area contributed by atoms with Crippen LogP contribution in [0.15, 0.2) is 73.1 Å². The Hall–Kier alpha value is -4.13. The summed E-state index contributed by atoms with van der Waals surface area (Å²) in [4.78, 5) is 20.8. The van der Waals surface area contributed by atoms with E-state index >= 15 is 0 Å². The number of aryl methyl sites for hydroxylation is 1. The first-order valence-corrected chi connectivity index (χ1v) is 9.11. The molecule has 0 radical (unpaired) electrons. The van der Waals surface area contributed by atoms with Gasteiger partial charge in [0.2, 0.25) is 0 Å². The van der Waals surface area contributed by atoms with Crippen molar-refractivity contribution in [1.82, 2.24) is 15.4 Å². The van der Waals surface area contributed by atoms with Crippen molar-refractivity contribution >= 4 is 39.7 Å². The van der Waals surface area contributed by atoms with Gasteiger partial charge in [-0.25, -0.2) is 9.97 Å². The van der Waals surface area contributed by atoms with Crippen LogP contribution >= 0.6 is 0 Å². The molecule has 3 aromatic carbocycles. The van der Waals surface area contributed by atoms with Crippen LogP contribution in [0.5, 0.6) is 0 Å². The van der Waals surface area contributed by atoms with Crippen molar-refractivity contribution in [2.75, 3.05) is 16.5 Å². The molecule has 1 aromatic heterocycles. The van der Waals surface area contributed by atoms with Gasteiger partial charge in [-0.15, -0.1) is 0 Å².